The Morgan fingerprint density at radius 1 is 0.919 bits per heavy atom. The summed E-state index contributed by atoms with van der Waals surface area (Å²) >= 11 is 0. The van der Waals surface area contributed by atoms with Crippen molar-refractivity contribution in [3.05, 3.63) is 36.4 Å². The molecule has 0 spiro atoms. The van der Waals surface area contributed by atoms with E-state index in [2.05, 4.69) is 4.99 Å². The van der Waals surface area contributed by atoms with E-state index in [1.807, 2.05) is 37.2 Å². The van der Waals surface area contributed by atoms with Crippen LogP contribution in [0.15, 0.2) is 46.3 Å². The molecule has 1 unspecified atom stereocenters. The van der Waals surface area contributed by atoms with E-state index in [-0.39, 0.29) is 49.5 Å². The number of phosphoric acid groups is 1. The van der Waals surface area contributed by atoms with Gasteiger partial charge in [0, 0.05) is 37.1 Å². The topological polar surface area (TPSA) is 167 Å². The molecule has 0 bridgehead atoms. The van der Waals surface area contributed by atoms with Crippen LogP contribution in [0.2, 0.25) is 0 Å². The van der Waals surface area contributed by atoms with Gasteiger partial charge in [-0.2, -0.15) is 0 Å². The Kier molecular flexibility index (Phi) is 12.8. The van der Waals surface area contributed by atoms with Gasteiger partial charge < -0.3 is 21.5 Å². The highest BCUT2D eigenvalue weighted by atomic mass is 32.2. The number of hydrogen-bond acceptors (Lipinski definition) is 9. The van der Waals surface area contributed by atoms with Crippen LogP contribution in [0.3, 0.4) is 0 Å². The standard InChI is InChI=1S/C24H39N4O7PS/c1-28(2)22-12-7-11-21-20(22)10-8-13-23(21)37(31,32)19-9-17-34-36(30,35-18-15-29)33-16-6-4-3-5-14-27-24(25)26/h7-8,10-13,29H,3-6,9,14-19H2,1-2H3,(H4,25,26,27). The second-order valence-electron chi connectivity index (χ2n) is 8.59. The third-order valence-corrected chi connectivity index (χ3v) is 8.77. The molecule has 11 nitrogen and oxygen atoms in total. The van der Waals surface area contributed by atoms with Crippen molar-refractivity contribution in [3.63, 3.8) is 0 Å². The highest BCUT2D eigenvalue weighted by molar-refractivity contribution is 7.91. The van der Waals surface area contributed by atoms with Crippen molar-refractivity contribution in [2.24, 2.45) is 16.5 Å². The van der Waals surface area contributed by atoms with Crippen LogP contribution in [0.5, 0.6) is 0 Å². The summed E-state index contributed by atoms with van der Waals surface area (Å²) < 4.78 is 55.0. The van der Waals surface area contributed by atoms with Gasteiger partial charge in [-0.05, 0) is 31.4 Å². The summed E-state index contributed by atoms with van der Waals surface area (Å²) in [5.74, 6) is -0.139. The number of aliphatic hydroxyl groups is 1. The lowest BCUT2D eigenvalue weighted by Gasteiger charge is -2.18. The Labute approximate surface area is 219 Å². The molecule has 13 heteroatoms. The summed E-state index contributed by atoms with van der Waals surface area (Å²) in [5, 5.41) is 10.5. The largest absolute Gasteiger partial charge is 0.474 e. The molecule has 2 aromatic rings. The Morgan fingerprint density at radius 3 is 2.22 bits per heavy atom. The zero-order chi connectivity index (χ0) is 27.3. The van der Waals surface area contributed by atoms with E-state index in [9.17, 15) is 13.0 Å². The van der Waals surface area contributed by atoms with Gasteiger partial charge in [0.15, 0.2) is 15.8 Å². The quantitative estimate of drug-likeness (QED) is 0.107. The van der Waals surface area contributed by atoms with Gasteiger partial charge in [-0.15, -0.1) is 0 Å². The van der Waals surface area contributed by atoms with Gasteiger partial charge in [-0.25, -0.2) is 13.0 Å². The fourth-order valence-corrected chi connectivity index (χ4v) is 6.43. The summed E-state index contributed by atoms with van der Waals surface area (Å²) in [5.41, 5.74) is 11.5. The van der Waals surface area contributed by atoms with Gasteiger partial charge in [-0.1, -0.05) is 37.1 Å². The smallest absolute Gasteiger partial charge is 0.394 e. The van der Waals surface area contributed by atoms with Crippen molar-refractivity contribution in [1.82, 2.24) is 0 Å². The Morgan fingerprint density at radius 2 is 1.54 bits per heavy atom. The molecule has 208 valence electrons. The van der Waals surface area contributed by atoms with Crippen molar-refractivity contribution in [3.8, 4) is 0 Å². The van der Waals surface area contributed by atoms with Gasteiger partial charge in [0.2, 0.25) is 0 Å². The Hall–Kier alpha value is -2.21. The van der Waals surface area contributed by atoms with Crippen LogP contribution in [0.4, 0.5) is 5.69 Å². The van der Waals surface area contributed by atoms with E-state index in [4.69, 9.17) is 30.1 Å². The number of sulfone groups is 1. The summed E-state index contributed by atoms with van der Waals surface area (Å²) in [7, 11) is -3.76. The van der Waals surface area contributed by atoms with E-state index in [1.54, 1.807) is 18.2 Å². The third kappa shape index (κ3) is 10.2. The maximum atomic E-state index is 13.1. The van der Waals surface area contributed by atoms with Gasteiger partial charge in [0.1, 0.15) is 0 Å². The maximum Gasteiger partial charge on any atom is 0.474 e. The van der Waals surface area contributed by atoms with Crippen LogP contribution < -0.4 is 16.4 Å². The van der Waals surface area contributed by atoms with Crippen LogP contribution in [0.25, 0.3) is 10.8 Å². The lowest BCUT2D eigenvalue weighted by atomic mass is 10.1. The molecule has 2 rings (SSSR count). The predicted octanol–water partition coefficient (Wildman–Crippen LogP) is 3.05. The lowest BCUT2D eigenvalue weighted by Crippen LogP contribution is -2.22. The van der Waals surface area contributed by atoms with Crippen LogP contribution in [0.1, 0.15) is 32.1 Å². The lowest BCUT2D eigenvalue weighted by molar-refractivity contribution is 0.0949. The molecule has 5 N–H and O–H groups in total. The number of benzene rings is 2. The fourth-order valence-electron chi connectivity index (χ4n) is 3.68. The minimum atomic E-state index is -3.94. The maximum absolute atomic E-state index is 13.1. The van der Waals surface area contributed by atoms with Crippen molar-refractivity contribution >= 4 is 40.1 Å². The number of anilines is 1. The number of fused-ring (bicyclic) bond motifs is 1. The van der Waals surface area contributed by atoms with Crippen LogP contribution >= 0.6 is 7.82 Å². The molecule has 0 aromatic heterocycles. The molecule has 0 aliphatic rings. The van der Waals surface area contributed by atoms with E-state index in [0.29, 0.717) is 18.4 Å². The van der Waals surface area contributed by atoms with Crippen molar-refractivity contribution in [1.29, 1.82) is 0 Å². The molecule has 0 heterocycles. The molecule has 0 amide bonds. The average Bonchev–Trinajstić information content (AvgIpc) is 2.86. The molecular formula is C24H39N4O7PS. The molecule has 0 aliphatic heterocycles. The normalized spacial score (nSPS) is 13.4. The first-order chi connectivity index (χ1) is 17.6. The van der Waals surface area contributed by atoms with Crippen molar-refractivity contribution in [2.45, 2.75) is 37.0 Å². The van der Waals surface area contributed by atoms with Crippen LogP contribution in [-0.2, 0) is 28.0 Å². The molecule has 37 heavy (non-hydrogen) atoms. The Bertz CT molecular complexity index is 1170. The molecule has 0 fully saturated rings. The summed E-state index contributed by atoms with van der Waals surface area (Å²) in [6.45, 7) is -0.0468. The molecule has 1 atom stereocenters. The van der Waals surface area contributed by atoms with E-state index < -0.39 is 17.7 Å². The van der Waals surface area contributed by atoms with Gasteiger partial charge in [0.05, 0.1) is 37.1 Å². The number of unbranched alkanes of at least 4 members (excludes halogenated alkanes) is 3. The molecule has 0 radical (unpaired) electrons. The highest BCUT2D eigenvalue weighted by Crippen LogP contribution is 2.49. The zero-order valence-electron chi connectivity index (χ0n) is 21.5. The fraction of sp³-hybridized carbons (Fsp3) is 0.542. The van der Waals surface area contributed by atoms with Gasteiger partial charge >= 0.3 is 7.82 Å². The number of guanidine groups is 1. The van der Waals surface area contributed by atoms with E-state index in [0.717, 1.165) is 30.3 Å². The van der Waals surface area contributed by atoms with E-state index >= 15 is 0 Å². The number of hydrogen-bond donors (Lipinski definition) is 3. The van der Waals surface area contributed by atoms with Crippen molar-refractivity contribution < 1.29 is 31.7 Å². The predicted molar refractivity (Wildman–Crippen MR) is 147 cm³/mol. The minimum Gasteiger partial charge on any atom is -0.394 e. The first kappa shape index (κ1) is 31.0. The first-order valence-corrected chi connectivity index (χ1v) is 15.3. The van der Waals surface area contributed by atoms with Gasteiger partial charge in [-0.3, -0.25) is 18.6 Å². The number of aliphatic hydroxyl groups excluding tert-OH is 1. The summed E-state index contributed by atoms with van der Waals surface area (Å²) in [6.07, 6.45) is 3.19. The number of nitrogens with zero attached hydrogens (tertiary/aromatic N) is 2. The summed E-state index contributed by atoms with van der Waals surface area (Å²) in [6, 6.07) is 10.8. The molecule has 0 aliphatic carbocycles. The first-order valence-electron chi connectivity index (χ1n) is 12.2. The number of rotatable bonds is 18. The monoisotopic (exact) mass is 558 g/mol. The molecule has 0 saturated carbocycles. The van der Waals surface area contributed by atoms with E-state index in [1.165, 1.54) is 0 Å². The zero-order valence-corrected chi connectivity index (χ0v) is 23.3. The van der Waals surface area contributed by atoms with Crippen LogP contribution in [-0.4, -0.2) is 72.3 Å². The molecular weight excluding hydrogens is 519 g/mol. The van der Waals surface area contributed by atoms with Crippen molar-refractivity contribution in [2.75, 3.05) is 57.7 Å². The molecule has 0 saturated heterocycles. The second-order valence-corrected chi connectivity index (χ2v) is 12.3. The number of aliphatic imine (C=N–C) groups is 1. The second kappa shape index (κ2) is 15.3. The van der Waals surface area contributed by atoms with Gasteiger partial charge in [0.25, 0.3) is 0 Å². The average molecular weight is 559 g/mol. The SMILES string of the molecule is CN(C)c1cccc2c(S(=O)(=O)CCCOP(=O)(OCCO)OCCCCCCN=C(N)N)cccc12. The number of phosphoric ester groups is 1. The minimum absolute atomic E-state index is 0.0610. The Balaban J connectivity index is 1.90. The highest BCUT2D eigenvalue weighted by Gasteiger charge is 2.27. The third-order valence-electron chi connectivity index (χ3n) is 5.42. The number of nitrogens with two attached hydrogens (primary N) is 2. The molecule has 2 aromatic carbocycles. The van der Waals surface area contributed by atoms with Crippen LogP contribution in [0, 0.1) is 0 Å². The summed E-state index contributed by atoms with van der Waals surface area (Å²) in [4.78, 5) is 6.08.